The fraction of sp³-hybridized carbons (Fsp3) is 0.258. The van der Waals surface area contributed by atoms with Gasteiger partial charge >= 0.3 is 0 Å². The molecule has 3 aromatic carbocycles. The van der Waals surface area contributed by atoms with E-state index in [1.165, 1.54) is 6.26 Å². The van der Waals surface area contributed by atoms with Gasteiger partial charge in [0, 0.05) is 54.4 Å². The van der Waals surface area contributed by atoms with Crippen LogP contribution in [-0.4, -0.2) is 41.2 Å². The molecule has 1 fully saturated rings. The van der Waals surface area contributed by atoms with E-state index in [9.17, 15) is 4.79 Å². The van der Waals surface area contributed by atoms with Crippen molar-refractivity contribution in [3.05, 3.63) is 83.9 Å². The Balaban J connectivity index is 1.19. The first-order valence-corrected chi connectivity index (χ1v) is 13.2. The van der Waals surface area contributed by atoms with Gasteiger partial charge in [-0.05, 0) is 73.9 Å². The van der Waals surface area contributed by atoms with Crippen LogP contribution in [-0.2, 0) is 0 Å². The van der Waals surface area contributed by atoms with Crippen LogP contribution in [0.15, 0.2) is 75.9 Å². The molecule has 0 spiro atoms. The summed E-state index contributed by atoms with van der Waals surface area (Å²) in [6, 6.07) is 20.8. The molecule has 198 valence electrons. The van der Waals surface area contributed by atoms with Gasteiger partial charge in [0.2, 0.25) is 11.7 Å². The molecule has 0 radical (unpaired) electrons. The van der Waals surface area contributed by atoms with Gasteiger partial charge in [-0.3, -0.25) is 4.79 Å². The van der Waals surface area contributed by atoms with Crippen molar-refractivity contribution in [2.45, 2.75) is 39.8 Å². The predicted octanol–water partition coefficient (Wildman–Crippen LogP) is 6.21. The van der Waals surface area contributed by atoms with Crippen molar-refractivity contribution in [2.75, 3.05) is 23.3 Å². The number of benzene rings is 3. The lowest BCUT2D eigenvalue weighted by atomic mass is 9.98. The summed E-state index contributed by atoms with van der Waals surface area (Å²) in [7, 11) is 0. The number of fused-ring (bicyclic) bond motifs is 1. The van der Waals surface area contributed by atoms with Crippen molar-refractivity contribution < 1.29 is 13.7 Å². The first-order chi connectivity index (χ1) is 18.8. The normalized spacial score (nSPS) is 17.5. The molecule has 1 aliphatic rings. The van der Waals surface area contributed by atoms with E-state index in [-0.39, 0.29) is 5.91 Å². The van der Waals surface area contributed by atoms with Crippen molar-refractivity contribution in [2.24, 2.45) is 0 Å². The quantitative estimate of drug-likeness (QED) is 0.284. The number of carbonyl (C=O) groups is 1. The summed E-state index contributed by atoms with van der Waals surface area (Å²) in [6.07, 6.45) is 1.54. The van der Waals surface area contributed by atoms with E-state index < -0.39 is 0 Å². The van der Waals surface area contributed by atoms with E-state index in [1.54, 1.807) is 6.92 Å². The summed E-state index contributed by atoms with van der Waals surface area (Å²) in [5.74, 6) is 0.921. The molecule has 2 atom stereocenters. The van der Waals surface area contributed by atoms with Gasteiger partial charge in [-0.1, -0.05) is 29.4 Å². The second-order valence-electron chi connectivity index (χ2n) is 10.4. The fourth-order valence-electron chi connectivity index (χ4n) is 5.40. The molecule has 0 bridgehead atoms. The number of piperazine rings is 1. The van der Waals surface area contributed by atoms with Crippen molar-refractivity contribution >= 4 is 28.3 Å². The van der Waals surface area contributed by atoms with Crippen LogP contribution in [0, 0.1) is 13.8 Å². The molecule has 0 saturated carbocycles. The third kappa shape index (κ3) is 5.03. The van der Waals surface area contributed by atoms with Crippen molar-refractivity contribution in [3.63, 3.8) is 0 Å². The third-order valence-electron chi connectivity index (χ3n) is 7.19. The molecular formula is C31H31N5O3. The van der Waals surface area contributed by atoms with E-state index in [4.69, 9.17) is 8.94 Å². The summed E-state index contributed by atoms with van der Waals surface area (Å²) < 4.78 is 10.8. The number of carbonyl (C=O) groups excluding carboxylic acids is 1. The van der Waals surface area contributed by atoms with Crippen LogP contribution in [0.25, 0.3) is 33.5 Å². The standard InChI is InChI=1S/C31H31N5O3/c1-18-13-23(30-33-21(4)39-35-30)7-11-26(18)22-5-8-24(9-6-22)34-31(37)28-17-38-29-12-10-25(14-27(28)29)36-15-19(2)32-20(3)16-36/h5-14,17,19-20,32H,15-16H2,1-4H3,(H,34,37)/t19-,20+. The van der Waals surface area contributed by atoms with Crippen molar-refractivity contribution in [1.29, 1.82) is 0 Å². The molecule has 1 saturated heterocycles. The van der Waals surface area contributed by atoms with Crippen LogP contribution in [0.1, 0.15) is 35.7 Å². The van der Waals surface area contributed by atoms with Gasteiger partial charge in [0.1, 0.15) is 11.8 Å². The highest BCUT2D eigenvalue weighted by Crippen LogP contribution is 2.30. The lowest BCUT2D eigenvalue weighted by Gasteiger charge is -2.37. The molecule has 1 amide bonds. The minimum Gasteiger partial charge on any atom is -0.463 e. The van der Waals surface area contributed by atoms with Gasteiger partial charge in [-0.25, -0.2) is 0 Å². The monoisotopic (exact) mass is 521 g/mol. The lowest BCUT2D eigenvalue weighted by Crippen LogP contribution is -2.54. The molecular weight excluding hydrogens is 490 g/mol. The van der Waals surface area contributed by atoms with E-state index in [2.05, 4.69) is 70.7 Å². The number of nitrogens with zero attached hydrogens (tertiary/aromatic N) is 3. The molecule has 0 unspecified atom stereocenters. The molecule has 1 aliphatic heterocycles. The molecule has 2 aromatic heterocycles. The molecule has 8 heteroatoms. The topological polar surface area (TPSA) is 96.4 Å². The van der Waals surface area contributed by atoms with Gasteiger partial charge in [0.05, 0.1) is 5.56 Å². The summed E-state index contributed by atoms with van der Waals surface area (Å²) in [6.45, 7) is 10.0. The second-order valence-corrected chi connectivity index (χ2v) is 10.4. The molecule has 39 heavy (non-hydrogen) atoms. The Labute approximate surface area is 227 Å². The minimum absolute atomic E-state index is 0.198. The number of aromatic nitrogens is 2. The molecule has 8 nitrogen and oxygen atoms in total. The van der Waals surface area contributed by atoms with Crippen LogP contribution >= 0.6 is 0 Å². The zero-order chi connectivity index (χ0) is 27.1. The minimum atomic E-state index is -0.198. The molecule has 0 aliphatic carbocycles. The van der Waals surface area contributed by atoms with Crippen LogP contribution in [0.5, 0.6) is 0 Å². The summed E-state index contributed by atoms with van der Waals surface area (Å²) >= 11 is 0. The molecule has 3 heterocycles. The zero-order valence-corrected chi connectivity index (χ0v) is 22.5. The average molecular weight is 522 g/mol. The Morgan fingerprint density at radius 3 is 2.41 bits per heavy atom. The van der Waals surface area contributed by atoms with Gasteiger partial charge in [-0.2, -0.15) is 4.98 Å². The fourth-order valence-corrected chi connectivity index (χ4v) is 5.40. The molecule has 5 aromatic rings. The largest absolute Gasteiger partial charge is 0.463 e. The Bertz CT molecular complexity index is 1640. The summed E-state index contributed by atoms with van der Waals surface area (Å²) in [5.41, 5.74) is 7.20. The highest BCUT2D eigenvalue weighted by atomic mass is 16.5. The lowest BCUT2D eigenvalue weighted by molar-refractivity contribution is 0.102. The van der Waals surface area contributed by atoms with Crippen LogP contribution in [0.2, 0.25) is 0 Å². The van der Waals surface area contributed by atoms with Crippen molar-refractivity contribution in [1.82, 2.24) is 15.5 Å². The van der Waals surface area contributed by atoms with Gasteiger partial charge in [-0.15, -0.1) is 0 Å². The number of nitrogens with one attached hydrogen (secondary N) is 2. The predicted molar refractivity (Wildman–Crippen MR) is 153 cm³/mol. The van der Waals surface area contributed by atoms with E-state index in [0.29, 0.717) is 34.9 Å². The number of hydrogen-bond donors (Lipinski definition) is 2. The number of anilines is 2. The second kappa shape index (κ2) is 10.0. The maximum Gasteiger partial charge on any atom is 0.259 e. The van der Waals surface area contributed by atoms with Crippen LogP contribution in [0.3, 0.4) is 0 Å². The first-order valence-electron chi connectivity index (χ1n) is 13.2. The first kappa shape index (κ1) is 24.9. The summed E-state index contributed by atoms with van der Waals surface area (Å²) in [4.78, 5) is 19.9. The van der Waals surface area contributed by atoms with Gasteiger partial charge in [0.25, 0.3) is 5.91 Å². The number of aryl methyl sites for hydroxylation is 2. The molecule has 6 rings (SSSR count). The van der Waals surface area contributed by atoms with Crippen LogP contribution in [0.4, 0.5) is 11.4 Å². The summed E-state index contributed by atoms with van der Waals surface area (Å²) in [5, 5.41) is 11.4. The number of amides is 1. The Kier molecular flexibility index (Phi) is 6.40. The Morgan fingerprint density at radius 2 is 1.72 bits per heavy atom. The van der Waals surface area contributed by atoms with Crippen molar-refractivity contribution in [3.8, 4) is 22.5 Å². The van der Waals surface area contributed by atoms with E-state index in [0.717, 1.165) is 52.1 Å². The average Bonchev–Trinajstić information content (AvgIpc) is 3.54. The maximum atomic E-state index is 13.2. The number of furan rings is 1. The maximum absolute atomic E-state index is 13.2. The third-order valence-corrected chi connectivity index (χ3v) is 7.19. The highest BCUT2D eigenvalue weighted by molar-refractivity contribution is 6.12. The smallest absolute Gasteiger partial charge is 0.259 e. The zero-order valence-electron chi connectivity index (χ0n) is 22.5. The van der Waals surface area contributed by atoms with Gasteiger partial charge < -0.3 is 24.5 Å². The highest BCUT2D eigenvalue weighted by Gasteiger charge is 2.22. The van der Waals surface area contributed by atoms with Gasteiger partial charge in [0.15, 0.2) is 0 Å². The Hall–Kier alpha value is -4.43. The number of rotatable bonds is 5. The number of hydrogen-bond acceptors (Lipinski definition) is 7. The van der Waals surface area contributed by atoms with E-state index in [1.807, 2.05) is 36.4 Å². The van der Waals surface area contributed by atoms with E-state index >= 15 is 0 Å². The SMILES string of the molecule is Cc1nc(-c2ccc(-c3ccc(NC(=O)c4coc5ccc(N6C[C@@H](C)N[C@@H](C)C6)cc45)cc3)c(C)c2)no1. The van der Waals surface area contributed by atoms with Crippen LogP contribution < -0.4 is 15.5 Å². The molecule has 2 N–H and O–H groups in total. The Morgan fingerprint density at radius 1 is 0.974 bits per heavy atom.